The molecule has 1 N–H and O–H groups in total. The highest BCUT2D eigenvalue weighted by molar-refractivity contribution is 6.31. The van der Waals surface area contributed by atoms with E-state index in [-0.39, 0.29) is 12.6 Å². The number of ether oxygens (including phenoxy) is 2. The zero-order valence-corrected chi connectivity index (χ0v) is 12.1. The maximum atomic E-state index is 11.4. The number of rotatable bonds is 8. The van der Waals surface area contributed by atoms with Crippen molar-refractivity contribution in [1.29, 1.82) is 0 Å². The summed E-state index contributed by atoms with van der Waals surface area (Å²) < 4.78 is 10.5. The van der Waals surface area contributed by atoms with Crippen molar-refractivity contribution in [3.8, 4) is 5.75 Å². The Morgan fingerprint density at radius 2 is 2.21 bits per heavy atom. The highest BCUT2D eigenvalue weighted by atomic mass is 35.5. The zero-order valence-electron chi connectivity index (χ0n) is 11.4. The molecule has 1 rings (SSSR count). The van der Waals surface area contributed by atoms with E-state index in [4.69, 9.17) is 21.1 Å². The molecule has 0 bridgehead atoms. The molecule has 0 aromatic heterocycles. The quantitative estimate of drug-likeness (QED) is 0.589. The number of carbonyl (C=O) groups excluding carboxylic acids is 1. The molecule has 0 unspecified atom stereocenters. The Balaban J connectivity index is 2.52. The van der Waals surface area contributed by atoms with Crippen molar-refractivity contribution in [3.63, 3.8) is 0 Å². The Morgan fingerprint density at radius 1 is 1.42 bits per heavy atom. The molecule has 0 radical (unpaired) electrons. The van der Waals surface area contributed by atoms with Gasteiger partial charge in [0, 0.05) is 17.1 Å². The van der Waals surface area contributed by atoms with Crippen LogP contribution in [0.1, 0.15) is 25.3 Å². The van der Waals surface area contributed by atoms with Crippen LogP contribution in [0.25, 0.3) is 0 Å². The molecule has 0 aliphatic carbocycles. The van der Waals surface area contributed by atoms with Gasteiger partial charge >= 0.3 is 5.97 Å². The summed E-state index contributed by atoms with van der Waals surface area (Å²) >= 11 is 6.09. The second kappa shape index (κ2) is 8.77. The molecule has 106 valence electrons. The molecule has 0 aliphatic heterocycles. The lowest BCUT2D eigenvalue weighted by Crippen LogP contribution is -2.17. The first kappa shape index (κ1) is 15.8. The predicted molar refractivity (Wildman–Crippen MR) is 75.6 cm³/mol. The summed E-state index contributed by atoms with van der Waals surface area (Å²) in [7, 11) is 1.83. The second-order valence-corrected chi connectivity index (χ2v) is 4.52. The van der Waals surface area contributed by atoms with Gasteiger partial charge in [0.25, 0.3) is 0 Å². The van der Waals surface area contributed by atoms with E-state index in [1.54, 1.807) is 18.2 Å². The Labute approximate surface area is 119 Å². The molecule has 5 heteroatoms. The first-order valence-electron chi connectivity index (χ1n) is 6.39. The minimum atomic E-state index is -0.358. The van der Waals surface area contributed by atoms with Crippen LogP contribution in [0.2, 0.25) is 5.02 Å². The van der Waals surface area contributed by atoms with Gasteiger partial charge in [0.2, 0.25) is 0 Å². The van der Waals surface area contributed by atoms with Crippen LogP contribution >= 0.6 is 11.6 Å². The molecule has 0 fully saturated rings. The van der Waals surface area contributed by atoms with Crippen LogP contribution in [-0.2, 0) is 16.1 Å². The van der Waals surface area contributed by atoms with E-state index in [0.717, 1.165) is 18.4 Å². The number of esters is 1. The highest BCUT2D eigenvalue weighted by Gasteiger charge is 2.10. The SMILES string of the molecule is CCCCOC(=O)COc1cccc(Cl)c1CNC. The Hall–Kier alpha value is -1.26. The number of unbranched alkanes of at least 4 members (excludes halogenated alkanes) is 1. The predicted octanol–water partition coefficient (Wildman–Crippen LogP) is 2.78. The lowest BCUT2D eigenvalue weighted by Gasteiger charge is -2.12. The van der Waals surface area contributed by atoms with E-state index < -0.39 is 0 Å². The molecular weight excluding hydrogens is 266 g/mol. The summed E-state index contributed by atoms with van der Waals surface area (Å²) in [4.78, 5) is 11.4. The maximum Gasteiger partial charge on any atom is 0.344 e. The summed E-state index contributed by atoms with van der Waals surface area (Å²) in [6, 6.07) is 5.37. The average molecular weight is 286 g/mol. The number of nitrogens with one attached hydrogen (secondary N) is 1. The van der Waals surface area contributed by atoms with Crippen molar-refractivity contribution in [1.82, 2.24) is 5.32 Å². The summed E-state index contributed by atoms with van der Waals surface area (Å²) in [6.07, 6.45) is 1.86. The topological polar surface area (TPSA) is 47.6 Å². The smallest absolute Gasteiger partial charge is 0.344 e. The van der Waals surface area contributed by atoms with Gasteiger partial charge in [0.15, 0.2) is 6.61 Å². The maximum absolute atomic E-state index is 11.4. The zero-order chi connectivity index (χ0) is 14.1. The number of hydrogen-bond acceptors (Lipinski definition) is 4. The number of benzene rings is 1. The Bertz CT molecular complexity index is 410. The number of halogens is 1. The van der Waals surface area contributed by atoms with E-state index in [1.807, 2.05) is 14.0 Å². The first-order chi connectivity index (χ1) is 9.19. The van der Waals surface area contributed by atoms with Crippen LogP contribution in [0, 0.1) is 0 Å². The molecule has 0 aliphatic rings. The van der Waals surface area contributed by atoms with Crippen molar-refractivity contribution in [2.45, 2.75) is 26.3 Å². The van der Waals surface area contributed by atoms with E-state index in [9.17, 15) is 4.79 Å². The molecule has 4 nitrogen and oxygen atoms in total. The van der Waals surface area contributed by atoms with Gasteiger partial charge in [0.1, 0.15) is 5.75 Å². The van der Waals surface area contributed by atoms with Gasteiger partial charge in [-0.2, -0.15) is 0 Å². The fourth-order valence-electron chi connectivity index (χ4n) is 1.53. The van der Waals surface area contributed by atoms with Crippen molar-refractivity contribution in [3.05, 3.63) is 28.8 Å². The normalized spacial score (nSPS) is 10.3. The standard InChI is InChI=1S/C14H20ClNO3/c1-3-4-8-18-14(17)10-19-13-7-5-6-12(15)11(13)9-16-2/h5-7,16H,3-4,8-10H2,1-2H3. The summed E-state index contributed by atoms with van der Waals surface area (Å²) in [6.45, 7) is 2.97. The monoisotopic (exact) mass is 285 g/mol. The van der Waals surface area contributed by atoms with Crippen LogP contribution < -0.4 is 10.1 Å². The van der Waals surface area contributed by atoms with Gasteiger partial charge in [-0.15, -0.1) is 0 Å². The third-order valence-electron chi connectivity index (χ3n) is 2.54. The van der Waals surface area contributed by atoms with Gasteiger partial charge < -0.3 is 14.8 Å². The van der Waals surface area contributed by atoms with Crippen molar-refractivity contribution in [2.75, 3.05) is 20.3 Å². The van der Waals surface area contributed by atoms with Crippen LogP contribution in [0.3, 0.4) is 0 Å². The Morgan fingerprint density at radius 3 is 2.89 bits per heavy atom. The van der Waals surface area contributed by atoms with Gasteiger partial charge in [-0.3, -0.25) is 0 Å². The average Bonchev–Trinajstić information content (AvgIpc) is 2.40. The van der Waals surface area contributed by atoms with Crippen molar-refractivity contribution in [2.24, 2.45) is 0 Å². The lowest BCUT2D eigenvalue weighted by atomic mass is 10.2. The molecule has 0 saturated carbocycles. The van der Waals surface area contributed by atoms with Gasteiger partial charge in [-0.05, 0) is 25.6 Å². The third kappa shape index (κ3) is 5.49. The largest absolute Gasteiger partial charge is 0.482 e. The minimum Gasteiger partial charge on any atom is -0.482 e. The summed E-state index contributed by atoms with van der Waals surface area (Å²) in [5.41, 5.74) is 0.841. The van der Waals surface area contributed by atoms with Gasteiger partial charge in [-0.25, -0.2) is 4.79 Å². The molecule has 0 amide bonds. The van der Waals surface area contributed by atoms with E-state index >= 15 is 0 Å². The van der Waals surface area contributed by atoms with Crippen LogP contribution in [0.15, 0.2) is 18.2 Å². The fraction of sp³-hybridized carbons (Fsp3) is 0.500. The molecule has 0 spiro atoms. The molecule has 1 aromatic carbocycles. The molecule has 19 heavy (non-hydrogen) atoms. The van der Waals surface area contributed by atoms with Crippen molar-refractivity contribution >= 4 is 17.6 Å². The lowest BCUT2D eigenvalue weighted by molar-refractivity contribution is -0.146. The van der Waals surface area contributed by atoms with E-state index in [1.165, 1.54) is 0 Å². The molecular formula is C14H20ClNO3. The molecule has 0 saturated heterocycles. The Kier molecular flexibility index (Phi) is 7.30. The number of carbonyl (C=O) groups is 1. The summed E-state index contributed by atoms with van der Waals surface area (Å²) in [5.74, 6) is 0.248. The van der Waals surface area contributed by atoms with Gasteiger partial charge in [0.05, 0.1) is 6.61 Å². The third-order valence-corrected chi connectivity index (χ3v) is 2.89. The molecule has 0 atom stereocenters. The highest BCUT2D eigenvalue weighted by Crippen LogP contribution is 2.26. The first-order valence-corrected chi connectivity index (χ1v) is 6.77. The molecule has 1 aromatic rings. The van der Waals surface area contributed by atoms with Crippen LogP contribution in [0.4, 0.5) is 0 Å². The summed E-state index contributed by atoms with van der Waals surface area (Å²) in [5, 5.41) is 3.63. The van der Waals surface area contributed by atoms with Crippen LogP contribution in [-0.4, -0.2) is 26.2 Å². The fourth-order valence-corrected chi connectivity index (χ4v) is 1.76. The van der Waals surface area contributed by atoms with E-state index in [2.05, 4.69) is 5.32 Å². The van der Waals surface area contributed by atoms with E-state index in [0.29, 0.717) is 23.9 Å². The van der Waals surface area contributed by atoms with Gasteiger partial charge in [-0.1, -0.05) is 31.0 Å². The van der Waals surface area contributed by atoms with Crippen LogP contribution in [0.5, 0.6) is 5.75 Å². The second-order valence-electron chi connectivity index (χ2n) is 4.11. The number of hydrogen-bond donors (Lipinski definition) is 1. The van der Waals surface area contributed by atoms with Crippen molar-refractivity contribution < 1.29 is 14.3 Å². The minimum absolute atomic E-state index is 0.0965. The molecule has 0 heterocycles.